The molecule has 9 nitrogen and oxygen atoms in total. The maximum Gasteiger partial charge on any atom is 0.311 e. The van der Waals surface area contributed by atoms with E-state index in [1.54, 1.807) is 48.5 Å². The van der Waals surface area contributed by atoms with Gasteiger partial charge in [-0.1, -0.05) is 54.6 Å². The molecule has 0 saturated carbocycles. The van der Waals surface area contributed by atoms with Crippen LogP contribution in [-0.2, 0) is 19.8 Å². The molecule has 1 heterocycles. The molecule has 0 bridgehead atoms. The number of rotatable bonds is 9. The number of fused-ring (bicyclic) bond motifs is 1. The van der Waals surface area contributed by atoms with Crippen LogP contribution in [0.5, 0.6) is 11.5 Å². The number of nitro benzene ring substituents is 1. The molecule has 37 heavy (non-hydrogen) atoms. The number of halogens is 1. The fraction of sp³-hybridized carbons (Fsp3) is 0.111. The van der Waals surface area contributed by atoms with Gasteiger partial charge in [-0.05, 0) is 33.6 Å². The van der Waals surface area contributed by atoms with Gasteiger partial charge in [-0.15, -0.1) is 0 Å². The summed E-state index contributed by atoms with van der Waals surface area (Å²) in [5.74, 6) is -0.193. The Kier molecular flexibility index (Phi) is 6.73. The zero-order chi connectivity index (χ0) is 25.8. The van der Waals surface area contributed by atoms with E-state index in [4.69, 9.17) is 19.8 Å². The van der Waals surface area contributed by atoms with E-state index in [-0.39, 0.29) is 36.8 Å². The largest absolute Gasteiger partial charge is 0.488 e. The minimum Gasteiger partial charge on any atom is -0.488 e. The second kappa shape index (κ2) is 10.4. The first-order chi connectivity index (χ1) is 18.0. The molecule has 0 unspecified atom stereocenters. The second-order valence-electron chi connectivity index (χ2n) is 8.20. The van der Waals surface area contributed by atoms with Crippen molar-refractivity contribution in [2.75, 3.05) is 0 Å². The number of nitrogens with two attached hydrogens (primary N) is 1. The molecule has 0 atom stereocenters. The molecule has 0 spiro atoms. The van der Waals surface area contributed by atoms with Crippen LogP contribution in [-0.4, -0.2) is 15.2 Å². The van der Waals surface area contributed by atoms with Gasteiger partial charge in [0.15, 0.2) is 0 Å². The van der Waals surface area contributed by atoms with Crippen molar-refractivity contribution in [2.45, 2.75) is 19.8 Å². The zero-order valence-electron chi connectivity index (χ0n) is 19.5. The molecule has 0 saturated heterocycles. The summed E-state index contributed by atoms with van der Waals surface area (Å²) in [7, 11) is 0. The molecule has 4 aromatic carbocycles. The van der Waals surface area contributed by atoms with Gasteiger partial charge >= 0.3 is 5.69 Å². The molecule has 5 aromatic rings. The smallest absolute Gasteiger partial charge is 0.311 e. The van der Waals surface area contributed by atoms with Crippen LogP contribution in [0, 0.1) is 15.9 Å². The van der Waals surface area contributed by atoms with Gasteiger partial charge in [-0.2, -0.15) is 0 Å². The average Bonchev–Trinajstić information content (AvgIpc) is 3.39. The van der Waals surface area contributed by atoms with E-state index in [1.807, 2.05) is 18.2 Å². The fourth-order valence-electron chi connectivity index (χ4n) is 3.91. The Morgan fingerprint density at radius 3 is 2.43 bits per heavy atom. The van der Waals surface area contributed by atoms with E-state index in [9.17, 15) is 10.1 Å². The lowest BCUT2D eigenvalue weighted by molar-refractivity contribution is -0.386. The summed E-state index contributed by atoms with van der Waals surface area (Å²) in [6.07, 6.45) is 0. The van der Waals surface area contributed by atoms with E-state index in [2.05, 4.69) is 10.3 Å². The van der Waals surface area contributed by atoms with Crippen LogP contribution < -0.4 is 15.2 Å². The van der Waals surface area contributed by atoms with Gasteiger partial charge < -0.3 is 15.2 Å². The lowest BCUT2D eigenvalue weighted by Gasteiger charge is -2.14. The topological polar surface area (TPSA) is 127 Å². The second-order valence-corrected chi connectivity index (χ2v) is 8.20. The van der Waals surface area contributed by atoms with Crippen LogP contribution in [0.15, 0.2) is 83.5 Å². The normalized spacial score (nSPS) is 11.0. The molecule has 1 aromatic heterocycles. The number of hydrogen-bond acceptors (Lipinski definition) is 8. The van der Waals surface area contributed by atoms with Gasteiger partial charge in [-0.3, -0.25) is 10.1 Å². The molecule has 0 radical (unpaired) electrons. The Hall–Kier alpha value is -4.83. The Morgan fingerprint density at radius 1 is 0.865 bits per heavy atom. The summed E-state index contributed by atoms with van der Waals surface area (Å²) in [6.45, 7) is -0.0676. The molecule has 10 heteroatoms. The monoisotopic (exact) mass is 500 g/mol. The highest BCUT2D eigenvalue weighted by Gasteiger charge is 2.21. The van der Waals surface area contributed by atoms with Gasteiger partial charge in [0, 0.05) is 35.4 Å². The molecule has 5 rings (SSSR count). The van der Waals surface area contributed by atoms with Crippen molar-refractivity contribution in [1.29, 1.82) is 0 Å². The van der Waals surface area contributed by atoms with Crippen LogP contribution in [0.1, 0.15) is 16.7 Å². The predicted molar refractivity (Wildman–Crippen MR) is 133 cm³/mol. The predicted octanol–water partition coefficient (Wildman–Crippen LogP) is 5.55. The number of nitro groups is 1. The molecule has 0 amide bonds. The van der Waals surface area contributed by atoms with Crippen LogP contribution in [0.3, 0.4) is 0 Å². The lowest BCUT2D eigenvalue weighted by Crippen LogP contribution is -2.07. The first kappa shape index (κ1) is 23.9. The Bertz CT molecular complexity index is 1570. The third kappa shape index (κ3) is 5.09. The van der Waals surface area contributed by atoms with Gasteiger partial charge in [0.1, 0.15) is 35.8 Å². The summed E-state index contributed by atoms with van der Waals surface area (Å²) < 4.78 is 31.6. The van der Waals surface area contributed by atoms with Crippen molar-refractivity contribution in [3.8, 4) is 22.6 Å². The van der Waals surface area contributed by atoms with Gasteiger partial charge in [0.2, 0.25) is 5.75 Å². The molecule has 0 aliphatic rings. The lowest BCUT2D eigenvalue weighted by atomic mass is 10.0. The van der Waals surface area contributed by atoms with Crippen molar-refractivity contribution < 1.29 is 23.4 Å². The highest BCUT2D eigenvalue weighted by atomic mass is 19.1. The number of benzene rings is 4. The quantitative estimate of drug-likeness (QED) is 0.206. The summed E-state index contributed by atoms with van der Waals surface area (Å²) in [5, 5.41) is 19.3. The molecule has 0 fully saturated rings. The van der Waals surface area contributed by atoms with E-state index in [0.717, 1.165) is 11.1 Å². The maximum absolute atomic E-state index is 15.2. The van der Waals surface area contributed by atoms with E-state index in [0.29, 0.717) is 27.9 Å². The molecular weight excluding hydrogens is 479 g/mol. The van der Waals surface area contributed by atoms with Crippen molar-refractivity contribution in [1.82, 2.24) is 10.3 Å². The fourth-order valence-corrected chi connectivity index (χ4v) is 3.91. The Labute approximate surface area is 210 Å². The molecule has 186 valence electrons. The molecular formula is C27H21FN4O5. The van der Waals surface area contributed by atoms with E-state index < -0.39 is 10.7 Å². The van der Waals surface area contributed by atoms with Crippen molar-refractivity contribution >= 4 is 16.7 Å². The van der Waals surface area contributed by atoms with Crippen LogP contribution in [0.2, 0.25) is 0 Å². The van der Waals surface area contributed by atoms with Crippen molar-refractivity contribution in [3.05, 3.63) is 111 Å². The van der Waals surface area contributed by atoms with Crippen molar-refractivity contribution in [3.63, 3.8) is 0 Å². The third-order valence-electron chi connectivity index (χ3n) is 5.82. The highest BCUT2D eigenvalue weighted by Crippen LogP contribution is 2.36. The Morgan fingerprint density at radius 2 is 1.65 bits per heavy atom. The number of nitrogens with zero attached hydrogens (tertiary/aromatic N) is 3. The van der Waals surface area contributed by atoms with Crippen LogP contribution in [0.25, 0.3) is 22.2 Å². The summed E-state index contributed by atoms with van der Waals surface area (Å²) in [6, 6.07) is 22.1. The average molecular weight is 500 g/mol. The molecule has 0 aliphatic carbocycles. The van der Waals surface area contributed by atoms with Gasteiger partial charge in [-0.25, -0.2) is 9.02 Å². The Balaban J connectivity index is 1.40. The minimum atomic E-state index is -0.569. The maximum atomic E-state index is 15.2. The highest BCUT2D eigenvalue weighted by molar-refractivity contribution is 5.73. The zero-order valence-corrected chi connectivity index (χ0v) is 19.5. The van der Waals surface area contributed by atoms with Gasteiger partial charge in [0.05, 0.1) is 4.92 Å². The van der Waals surface area contributed by atoms with Crippen molar-refractivity contribution in [2.24, 2.45) is 5.73 Å². The standard InChI is InChI=1S/C27H21FN4O5/c28-27-19(7-4-8-21(27)18-5-2-1-3-6-18)16-36-26-13-25(20(14-29)12-24(26)32(33)34)35-15-17-9-10-22-23(11-17)31-37-30-22/h1-13H,14-16,29H2. The minimum absolute atomic E-state index is 0.0104. The van der Waals surface area contributed by atoms with E-state index in [1.165, 1.54) is 12.1 Å². The van der Waals surface area contributed by atoms with Crippen LogP contribution >= 0.6 is 0 Å². The third-order valence-corrected chi connectivity index (χ3v) is 5.82. The number of hydrogen-bond donors (Lipinski definition) is 1. The SMILES string of the molecule is NCc1cc([N+](=O)[O-])c(OCc2cccc(-c3ccccc3)c2F)cc1OCc1ccc2nonc2c1. The molecule has 0 aliphatic heterocycles. The number of ether oxygens (including phenoxy) is 2. The summed E-state index contributed by atoms with van der Waals surface area (Å²) in [5.41, 5.74) is 9.34. The molecule has 2 N–H and O–H groups in total. The van der Waals surface area contributed by atoms with Gasteiger partial charge in [0.25, 0.3) is 0 Å². The number of aromatic nitrogens is 2. The van der Waals surface area contributed by atoms with E-state index >= 15 is 4.39 Å². The summed E-state index contributed by atoms with van der Waals surface area (Å²) in [4.78, 5) is 11.2. The van der Waals surface area contributed by atoms with Crippen LogP contribution in [0.4, 0.5) is 10.1 Å². The first-order valence-corrected chi connectivity index (χ1v) is 11.3. The first-order valence-electron chi connectivity index (χ1n) is 11.3. The summed E-state index contributed by atoms with van der Waals surface area (Å²) >= 11 is 0.